The van der Waals surface area contributed by atoms with Crippen molar-refractivity contribution >= 4 is 55.0 Å². The molecule has 0 spiro atoms. The maximum Gasteiger partial charge on any atom is 0.266 e. The molecule has 4 aromatic carbocycles. The molecule has 6 rings (SSSR count). The number of carbonyl (C=O) groups excluding carboxylic acids is 2. The molecular formula is C31H24Br2N2O5. The first kappa shape index (κ1) is 26.6. The first-order chi connectivity index (χ1) is 19.5. The van der Waals surface area contributed by atoms with Gasteiger partial charge in [0, 0.05) is 8.95 Å². The quantitative estimate of drug-likeness (QED) is 0.202. The number of hydroxylamine groups is 1. The number of benzene rings is 4. The van der Waals surface area contributed by atoms with Crippen LogP contribution >= 0.6 is 31.9 Å². The summed E-state index contributed by atoms with van der Waals surface area (Å²) in [7, 11) is 1.57. The molecule has 2 saturated heterocycles. The van der Waals surface area contributed by atoms with Crippen molar-refractivity contribution in [3.63, 3.8) is 0 Å². The predicted molar refractivity (Wildman–Crippen MR) is 158 cm³/mol. The smallest absolute Gasteiger partial charge is 0.266 e. The number of halogens is 2. The topological polar surface area (TPSA) is 68.3 Å². The van der Waals surface area contributed by atoms with Crippen LogP contribution < -0.4 is 19.4 Å². The number of para-hydroxylation sites is 1. The van der Waals surface area contributed by atoms with Gasteiger partial charge >= 0.3 is 0 Å². The number of fused-ring (bicyclic) bond motifs is 1. The molecule has 2 aliphatic rings. The Labute approximate surface area is 248 Å². The molecule has 7 nitrogen and oxygen atoms in total. The van der Waals surface area contributed by atoms with Crippen LogP contribution in [0.1, 0.15) is 17.2 Å². The molecule has 9 heteroatoms. The van der Waals surface area contributed by atoms with E-state index in [0.29, 0.717) is 28.3 Å². The summed E-state index contributed by atoms with van der Waals surface area (Å²) in [5.74, 6) is -0.447. The number of nitrogens with zero attached hydrogens (tertiary/aromatic N) is 2. The number of hydrogen-bond donors (Lipinski definition) is 0. The Kier molecular flexibility index (Phi) is 7.35. The second-order valence-electron chi connectivity index (χ2n) is 9.45. The highest BCUT2D eigenvalue weighted by Gasteiger charge is 2.60. The third-order valence-corrected chi connectivity index (χ3v) is 8.27. The van der Waals surface area contributed by atoms with E-state index in [4.69, 9.17) is 14.3 Å². The van der Waals surface area contributed by atoms with Crippen molar-refractivity contribution in [2.45, 2.75) is 18.8 Å². The third-order valence-electron chi connectivity index (χ3n) is 7.05. The molecule has 0 N–H and O–H groups in total. The molecule has 202 valence electrons. The number of methoxy groups -OCH3 is 1. The fraction of sp³-hybridized carbons (Fsp3) is 0.161. The fourth-order valence-corrected chi connectivity index (χ4v) is 5.98. The Hall–Kier alpha value is -3.66. The predicted octanol–water partition coefficient (Wildman–Crippen LogP) is 6.85. The van der Waals surface area contributed by atoms with Crippen molar-refractivity contribution in [1.82, 2.24) is 0 Å². The molecule has 0 saturated carbocycles. The van der Waals surface area contributed by atoms with Gasteiger partial charge in [0.25, 0.3) is 5.91 Å². The number of imide groups is 1. The van der Waals surface area contributed by atoms with E-state index in [0.717, 1.165) is 21.3 Å². The average molecular weight is 664 g/mol. The van der Waals surface area contributed by atoms with Gasteiger partial charge in [0.2, 0.25) is 5.91 Å². The van der Waals surface area contributed by atoms with Gasteiger partial charge in [0.1, 0.15) is 12.5 Å². The van der Waals surface area contributed by atoms with Crippen molar-refractivity contribution in [2.24, 2.45) is 5.92 Å². The van der Waals surface area contributed by atoms with Gasteiger partial charge < -0.3 is 9.47 Å². The van der Waals surface area contributed by atoms with E-state index in [1.165, 1.54) is 4.90 Å². The first-order valence-corrected chi connectivity index (χ1v) is 14.2. The summed E-state index contributed by atoms with van der Waals surface area (Å²) in [4.78, 5) is 35.1. The minimum absolute atomic E-state index is 0.323. The zero-order valence-electron chi connectivity index (χ0n) is 21.4. The number of hydrogen-bond acceptors (Lipinski definition) is 6. The minimum atomic E-state index is -0.978. The van der Waals surface area contributed by atoms with Gasteiger partial charge in [-0.2, -0.15) is 0 Å². The normalized spacial score (nSPS) is 20.1. The lowest BCUT2D eigenvalue weighted by molar-refractivity contribution is -0.126. The monoisotopic (exact) mass is 662 g/mol. The van der Waals surface area contributed by atoms with Crippen LogP contribution in [0.5, 0.6) is 11.5 Å². The van der Waals surface area contributed by atoms with E-state index in [-0.39, 0.29) is 5.91 Å². The summed E-state index contributed by atoms with van der Waals surface area (Å²) in [6.07, 6.45) is -0.978. The summed E-state index contributed by atoms with van der Waals surface area (Å²) in [5.41, 5.74) is 2.99. The molecule has 2 aliphatic heterocycles. The molecule has 2 heterocycles. The Morgan fingerprint density at radius 3 is 2.15 bits per heavy atom. The highest BCUT2D eigenvalue weighted by molar-refractivity contribution is 9.10. The van der Waals surface area contributed by atoms with Gasteiger partial charge in [-0.15, -0.1) is 0 Å². The lowest BCUT2D eigenvalue weighted by Gasteiger charge is -2.29. The van der Waals surface area contributed by atoms with Crippen LogP contribution in [0.15, 0.2) is 106 Å². The average Bonchev–Trinajstić information content (AvgIpc) is 3.49. The molecule has 0 radical (unpaired) electrons. The minimum Gasteiger partial charge on any atom is -0.493 e. The number of rotatable bonds is 7. The zero-order valence-corrected chi connectivity index (χ0v) is 24.5. The molecular weight excluding hydrogens is 640 g/mol. The molecule has 3 atom stereocenters. The Morgan fingerprint density at radius 2 is 1.48 bits per heavy atom. The van der Waals surface area contributed by atoms with E-state index < -0.39 is 24.0 Å². The summed E-state index contributed by atoms with van der Waals surface area (Å²) in [6, 6.07) is 29.4. The fourth-order valence-electron chi connectivity index (χ4n) is 5.16. The van der Waals surface area contributed by atoms with Crippen LogP contribution in [0.2, 0.25) is 0 Å². The van der Waals surface area contributed by atoms with Crippen molar-refractivity contribution in [3.05, 3.63) is 117 Å². The zero-order chi connectivity index (χ0) is 27.8. The van der Waals surface area contributed by atoms with Crippen LogP contribution in [-0.4, -0.2) is 25.0 Å². The summed E-state index contributed by atoms with van der Waals surface area (Å²) in [5, 5.41) is 1.66. The van der Waals surface area contributed by atoms with Crippen molar-refractivity contribution in [2.75, 3.05) is 17.1 Å². The number of ether oxygens (including phenoxy) is 2. The summed E-state index contributed by atoms with van der Waals surface area (Å²) >= 11 is 7.13. The second-order valence-corrected chi connectivity index (χ2v) is 11.2. The molecule has 2 fully saturated rings. The molecule has 0 aromatic heterocycles. The largest absolute Gasteiger partial charge is 0.493 e. The third kappa shape index (κ3) is 4.78. The highest BCUT2D eigenvalue weighted by Crippen LogP contribution is 2.50. The van der Waals surface area contributed by atoms with Gasteiger partial charge in [-0.3, -0.25) is 14.4 Å². The van der Waals surface area contributed by atoms with Gasteiger partial charge in [-0.1, -0.05) is 80.4 Å². The molecule has 4 aromatic rings. The van der Waals surface area contributed by atoms with Crippen LogP contribution in [-0.2, 0) is 21.0 Å². The maximum absolute atomic E-state index is 14.0. The SMILES string of the molecule is COc1cc([C@@H]2[C@H]3C(=O)N(c4ccc(Br)cc4)C(=O)[C@@H]3ON2c2ccccc2)c(Br)cc1OCc1ccccc1. The van der Waals surface area contributed by atoms with Gasteiger partial charge in [0.05, 0.1) is 24.5 Å². The number of anilines is 2. The summed E-state index contributed by atoms with van der Waals surface area (Å²) in [6.45, 7) is 0.367. The van der Waals surface area contributed by atoms with Crippen molar-refractivity contribution in [1.29, 1.82) is 0 Å². The number of amides is 2. The van der Waals surface area contributed by atoms with Crippen LogP contribution in [0.4, 0.5) is 11.4 Å². The molecule has 40 heavy (non-hydrogen) atoms. The second kappa shape index (κ2) is 11.1. The summed E-state index contributed by atoms with van der Waals surface area (Å²) < 4.78 is 13.4. The highest BCUT2D eigenvalue weighted by atomic mass is 79.9. The molecule has 0 unspecified atom stereocenters. The standard InChI is InChI=1S/C31H24Br2N2O5/c1-38-25-16-23(24(33)17-26(25)39-18-19-8-4-2-5-9-19)28-27-29(40-35(28)22-10-6-3-7-11-22)31(37)34(30(27)36)21-14-12-20(32)13-15-21/h2-17,27-29H,18H2,1H3/t27-,28-,29-/m1/s1. The van der Waals surface area contributed by atoms with E-state index in [1.54, 1.807) is 36.4 Å². The Bertz CT molecular complexity index is 1550. The van der Waals surface area contributed by atoms with Crippen molar-refractivity contribution < 1.29 is 23.9 Å². The van der Waals surface area contributed by atoms with E-state index in [9.17, 15) is 9.59 Å². The lowest BCUT2D eigenvalue weighted by Crippen LogP contribution is -2.37. The van der Waals surface area contributed by atoms with Gasteiger partial charge in [0.15, 0.2) is 17.6 Å². The van der Waals surface area contributed by atoms with Crippen LogP contribution in [0.25, 0.3) is 0 Å². The Morgan fingerprint density at radius 1 is 0.800 bits per heavy atom. The molecule has 0 aliphatic carbocycles. The van der Waals surface area contributed by atoms with Gasteiger partial charge in [-0.05, 0) is 59.7 Å². The van der Waals surface area contributed by atoms with E-state index in [1.807, 2.05) is 72.8 Å². The Balaban J connectivity index is 1.40. The van der Waals surface area contributed by atoms with Crippen LogP contribution in [0.3, 0.4) is 0 Å². The van der Waals surface area contributed by atoms with E-state index in [2.05, 4.69) is 31.9 Å². The maximum atomic E-state index is 14.0. The van der Waals surface area contributed by atoms with Crippen molar-refractivity contribution in [3.8, 4) is 11.5 Å². The number of carbonyl (C=O) groups is 2. The van der Waals surface area contributed by atoms with Crippen LogP contribution in [0, 0.1) is 5.92 Å². The van der Waals surface area contributed by atoms with Gasteiger partial charge in [-0.25, -0.2) is 9.96 Å². The lowest BCUT2D eigenvalue weighted by atomic mass is 9.90. The molecule has 2 amide bonds. The molecule has 0 bridgehead atoms. The van der Waals surface area contributed by atoms with E-state index >= 15 is 0 Å². The first-order valence-electron chi connectivity index (χ1n) is 12.6.